The van der Waals surface area contributed by atoms with E-state index in [0.29, 0.717) is 5.92 Å². The van der Waals surface area contributed by atoms with Crippen LogP contribution in [0.4, 0.5) is 0 Å². The Morgan fingerprint density at radius 1 is 1.33 bits per heavy atom. The number of likely N-dealkylation sites (tertiary alicyclic amines) is 1. The topological polar surface area (TPSA) is 65.3 Å². The number of benzene rings is 1. The van der Waals surface area contributed by atoms with Gasteiger partial charge in [-0.2, -0.15) is 0 Å². The first-order chi connectivity index (χ1) is 10.1. The van der Waals surface area contributed by atoms with Crippen molar-refractivity contribution < 1.29 is 5.11 Å². The van der Waals surface area contributed by atoms with Crippen LogP contribution < -0.4 is 5.73 Å². The molecule has 0 spiro atoms. The lowest BCUT2D eigenvalue weighted by molar-refractivity contribution is 0.153. The summed E-state index contributed by atoms with van der Waals surface area (Å²) in [6.07, 6.45) is 3.94. The number of nitrogens with one attached hydrogen (secondary N) is 1. The van der Waals surface area contributed by atoms with Gasteiger partial charge in [0.1, 0.15) is 0 Å². The van der Waals surface area contributed by atoms with E-state index >= 15 is 0 Å². The molecule has 3 rings (SSSR count). The third-order valence-corrected chi connectivity index (χ3v) is 4.74. The molecular weight excluding hydrogens is 262 g/mol. The summed E-state index contributed by atoms with van der Waals surface area (Å²) in [5.74, 6) is 0.609. The number of rotatable bonds is 3. The summed E-state index contributed by atoms with van der Waals surface area (Å²) in [4.78, 5) is 5.75. The fourth-order valence-corrected chi connectivity index (χ4v) is 3.30. The average Bonchev–Trinajstić information content (AvgIpc) is 2.90. The van der Waals surface area contributed by atoms with Crippen molar-refractivity contribution in [3.05, 3.63) is 35.5 Å². The standard InChI is InChI=1S/C17H25N3O/c1-11(18)17(21)13-3-4-16-14(9-13)15(10-19-16)12-5-7-20(2)8-6-12/h3-4,9-12,17,19,21H,5-8,18H2,1-2H3. The van der Waals surface area contributed by atoms with Crippen LogP contribution in [0.25, 0.3) is 10.9 Å². The molecule has 0 saturated carbocycles. The van der Waals surface area contributed by atoms with Gasteiger partial charge in [0.25, 0.3) is 0 Å². The molecule has 4 nitrogen and oxygen atoms in total. The third kappa shape index (κ3) is 2.84. The van der Waals surface area contributed by atoms with Crippen molar-refractivity contribution in [3.63, 3.8) is 0 Å². The van der Waals surface area contributed by atoms with Crippen LogP contribution >= 0.6 is 0 Å². The molecule has 1 aliphatic rings. The summed E-state index contributed by atoms with van der Waals surface area (Å²) in [5, 5.41) is 11.4. The lowest BCUT2D eigenvalue weighted by atomic mass is 9.88. The van der Waals surface area contributed by atoms with Gasteiger partial charge in [0.15, 0.2) is 0 Å². The minimum atomic E-state index is -0.602. The number of aromatic nitrogens is 1. The van der Waals surface area contributed by atoms with Gasteiger partial charge < -0.3 is 20.7 Å². The van der Waals surface area contributed by atoms with Gasteiger partial charge in [-0.25, -0.2) is 0 Å². The summed E-state index contributed by atoms with van der Waals surface area (Å²) >= 11 is 0. The Balaban J connectivity index is 1.94. The van der Waals surface area contributed by atoms with E-state index in [1.807, 2.05) is 13.0 Å². The number of hydrogen-bond donors (Lipinski definition) is 3. The van der Waals surface area contributed by atoms with Gasteiger partial charge in [-0.05, 0) is 69.1 Å². The summed E-state index contributed by atoms with van der Waals surface area (Å²) in [6.45, 7) is 4.14. The zero-order valence-electron chi connectivity index (χ0n) is 12.8. The second-order valence-electron chi connectivity index (χ2n) is 6.43. The zero-order chi connectivity index (χ0) is 15.0. The van der Waals surface area contributed by atoms with Crippen LogP contribution in [0.5, 0.6) is 0 Å². The van der Waals surface area contributed by atoms with E-state index in [9.17, 15) is 5.11 Å². The third-order valence-electron chi connectivity index (χ3n) is 4.74. The second kappa shape index (κ2) is 5.79. The van der Waals surface area contributed by atoms with E-state index in [-0.39, 0.29) is 6.04 Å². The van der Waals surface area contributed by atoms with E-state index in [2.05, 4.69) is 35.3 Å². The Morgan fingerprint density at radius 2 is 2.05 bits per heavy atom. The molecule has 114 valence electrons. The Labute approximate surface area is 125 Å². The molecule has 1 aromatic heterocycles. The van der Waals surface area contributed by atoms with Gasteiger partial charge in [0.05, 0.1) is 6.10 Å². The highest BCUT2D eigenvalue weighted by molar-refractivity contribution is 5.84. The van der Waals surface area contributed by atoms with Crippen LogP contribution in [0, 0.1) is 0 Å². The zero-order valence-corrected chi connectivity index (χ0v) is 12.8. The lowest BCUT2D eigenvalue weighted by Crippen LogP contribution is -2.29. The highest BCUT2D eigenvalue weighted by Gasteiger charge is 2.22. The molecule has 4 N–H and O–H groups in total. The summed E-state index contributed by atoms with van der Waals surface area (Å²) in [5.41, 5.74) is 9.26. The molecule has 2 unspecified atom stereocenters. The minimum absolute atomic E-state index is 0.256. The maximum Gasteiger partial charge on any atom is 0.0938 e. The highest BCUT2D eigenvalue weighted by Crippen LogP contribution is 2.34. The molecule has 1 saturated heterocycles. The molecular formula is C17H25N3O. The Kier molecular flexibility index (Phi) is 4.02. The number of aromatic amines is 1. The van der Waals surface area contributed by atoms with E-state index in [1.165, 1.54) is 23.8 Å². The summed E-state index contributed by atoms with van der Waals surface area (Å²) in [6, 6.07) is 5.86. The van der Waals surface area contributed by atoms with Crippen molar-refractivity contribution in [2.24, 2.45) is 5.73 Å². The van der Waals surface area contributed by atoms with E-state index in [1.54, 1.807) is 0 Å². The number of aliphatic hydroxyl groups excluding tert-OH is 1. The van der Waals surface area contributed by atoms with Crippen molar-refractivity contribution in [3.8, 4) is 0 Å². The fraction of sp³-hybridized carbons (Fsp3) is 0.529. The van der Waals surface area contributed by atoms with Crippen LogP contribution in [0.15, 0.2) is 24.4 Å². The van der Waals surface area contributed by atoms with Gasteiger partial charge in [0, 0.05) is 23.1 Å². The number of H-pyrrole nitrogens is 1. The molecule has 1 aromatic carbocycles. The number of piperidine rings is 1. The Bertz CT molecular complexity index is 612. The number of nitrogens with zero attached hydrogens (tertiary/aromatic N) is 1. The summed E-state index contributed by atoms with van der Waals surface area (Å²) in [7, 11) is 2.18. The number of hydrogen-bond acceptors (Lipinski definition) is 3. The monoisotopic (exact) mass is 287 g/mol. The molecule has 1 aliphatic heterocycles. The average molecular weight is 287 g/mol. The molecule has 2 aromatic rings. The van der Waals surface area contributed by atoms with Crippen molar-refractivity contribution in [1.82, 2.24) is 9.88 Å². The Hall–Kier alpha value is -1.36. The van der Waals surface area contributed by atoms with Gasteiger partial charge in [0.2, 0.25) is 0 Å². The van der Waals surface area contributed by atoms with E-state index in [0.717, 1.165) is 24.2 Å². The Morgan fingerprint density at radius 3 is 2.71 bits per heavy atom. The molecule has 1 fully saturated rings. The minimum Gasteiger partial charge on any atom is -0.387 e. The first kappa shape index (κ1) is 14.6. The predicted octanol–water partition coefficient (Wildman–Crippen LogP) is 2.36. The van der Waals surface area contributed by atoms with Crippen molar-refractivity contribution >= 4 is 10.9 Å². The number of aliphatic hydroxyl groups is 1. The first-order valence-corrected chi connectivity index (χ1v) is 7.79. The van der Waals surface area contributed by atoms with Gasteiger partial charge in [-0.1, -0.05) is 6.07 Å². The second-order valence-corrected chi connectivity index (χ2v) is 6.43. The van der Waals surface area contributed by atoms with Crippen molar-refractivity contribution in [2.45, 2.75) is 37.8 Å². The molecule has 0 amide bonds. The largest absolute Gasteiger partial charge is 0.387 e. The number of nitrogens with two attached hydrogens (primary N) is 1. The molecule has 0 radical (unpaired) electrons. The van der Waals surface area contributed by atoms with E-state index < -0.39 is 6.10 Å². The van der Waals surface area contributed by atoms with Crippen LogP contribution in [-0.4, -0.2) is 41.2 Å². The highest BCUT2D eigenvalue weighted by atomic mass is 16.3. The molecule has 21 heavy (non-hydrogen) atoms. The molecule has 2 atom stereocenters. The predicted molar refractivity (Wildman–Crippen MR) is 86.4 cm³/mol. The SMILES string of the molecule is CC(N)C(O)c1ccc2[nH]cc(C3CCN(C)CC3)c2c1. The quantitative estimate of drug-likeness (QED) is 0.812. The molecule has 2 heterocycles. The maximum absolute atomic E-state index is 10.2. The molecule has 0 aliphatic carbocycles. The van der Waals surface area contributed by atoms with Crippen LogP contribution in [0.3, 0.4) is 0 Å². The summed E-state index contributed by atoms with van der Waals surface area (Å²) < 4.78 is 0. The fourth-order valence-electron chi connectivity index (χ4n) is 3.30. The van der Waals surface area contributed by atoms with Gasteiger partial charge in [-0.15, -0.1) is 0 Å². The molecule has 4 heteroatoms. The van der Waals surface area contributed by atoms with Gasteiger partial charge >= 0.3 is 0 Å². The van der Waals surface area contributed by atoms with Crippen LogP contribution in [-0.2, 0) is 0 Å². The lowest BCUT2D eigenvalue weighted by Gasteiger charge is -2.28. The van der Waals surface area contributed by atoms with Gasteiger partial charge in [-0.3, -0.25) is 0 Å². The van der Waals surface area contributed by atoms with Crippen molar-refractivity contribution in [2.75, 3.05) is 20.1 Å². The van der Waals surface area contributed by atoms with Crippen molar-refractivity contribution in [1.29, 1.82) is 0 Å². The van der Waals surface area contributed by atoms with E-state index in [4.69, 9.17) is 5.73 Å². The van der Waals surface area contributed by atoms with Crippen LogP contribution in [0.1, 0.15) is 42.9 Å². The smallest absolute Gasteiger partial charge is 0.0938 e. The first-order valence-electron chi connectivity index (χ1n) is 7.79. The maximum atomic E-state index is 10.2. The van der Waals surface area contributed by atoms with Crippen LogP contribution in [0.2, 0.25) is 0 Å². The normalized spacial score (nSPS) is 20.8. The number of fused-ring (bicyclic) bond motifs is 1. The molecule has 0 bridgehead atoms.